The van der Waals surface area contributed by atoms with Crippen LogP contribution in [0.2, 0.25) is 0 Å². The minimum atomic E-state index is -0.475. The van der Waals surface area contributed by atoms with Crippen LogP contribution in [-0.4, -0.2) is 53.5 Å². The number of benzene rings is 1. The third-order valence-corrected chi connectivity index (χ3v) is 4.17. The van der Waals surface area contributed by atoms with Crippen LogP contribution in [-0.2, 0) is 0 Å². The molecule has 1 saturated heterocycles. The van der Waals surface area contributed by atoms with Crippen molar-refractivity contribution in [3.8, 4) is 0 Å². The molecule has 0 atom stereocenters. The van der Waals surface area contributed by atoms with Gasteiger partial charge in [-0.25, -0.2) is 9.37 Å². The average Bonchev–Trinajstić information content (AvgIpc) is 2.61. The van der Waals surface area contributed by atoms with Crippen LogP contribution in [0.4, 0.5) is 16.2 Å². The highest BCUT2D eigenvalue weighted by molar-refractivity contribution is 5.94. The SMILES string of the molecule is CCNc1nc(C)cc(N2CCN(C(=O)c3ccccc3F)CC2)n1. The molecule has 7 heteroatoms. The molecule has 0 bridgehead atoms. The lowest BCUT2D eigenvalue weighted by Crippen LogP contribution is -2.49. The van der Waals surface area contributed by atoms with E-state index in [0.717, 1.165) is 18.1 Å². The van der Waals surface area contributed by atoms with Crippen molar-refractivity contribution in [1.29, 1.82) is 0 Å². The molecule has 0 radical (unpaired) electrons. The quantitative estimate of drug-likeness (QED) is 0.923. The van der Waals surface area contributed by atoms with Gasteiger partial charge < -0.3 is 15.1 Å². The summed E-state index contributed by atoms with van der Waals surface area (Å²) in [5.41, 5.74) is 1.02. The maximum atomic E-state index is 13.8. The van der Waals surface area contributed by atoms with Gasteiger partial charge in [0.15, 0.2) is 0 Å². The molecule has 0 saturated carbocycles. The number of rotatable bonds is 4. The van der Waals surface area contributed by atoms with Gasteiger partial charge in [-0.2, -0.15) is 4.98 Å². The number of piperazine rings is 1. The van der Waals surface area contributed by atoms with Gasteiger partial charge in [-0.05, 0) is 26.0 Å². The van der Waals surface area contributed by atoms with E-state index in [0.29, 0.717) is 32.1 Å². The fourth-order valence-corrected chi connectivity index (χ4v) is 2.89. The molecule has 0 unspecified atom stereocenters. The molecule has 1 aliphatic rings. The van der Waals surface area contributed by atoms with E-state index in [1.165, 1.54) is 12.1 Å². The zero-order valence-electron chi connectivity index (χ0n) is 14.5. The summed E-state index contributed by atoms with van der Waals surface area (Å²) in [6.07, 6.45) is 0. The van der Waals surface area contributed by atoms with Crippen molar-refractivity contribution in [1.82, 2.24) is 14.9 Å². The number of halogens is 1. The number of nitrogens with one attached hydrogen (secondary N) is 1. The second-order valence-corrected chi connectivity index (χ2v) is 5.98. The van der Waals surface area contributed by atoms with Gasteiger partial charge in [0, 0.05) is 44.5 Å². The van der Waals surface area contributed by atoms with Crippen molar-refractivity contribution < 1.29 is 9.18 Å². The maximum Gasteiger partial charge on any atom is 0.256 e. The summed E-state index contributed by atoms with van der Waals surface area (Å²) in [5.74, 6) is 0.727. The molecule has 3 rings (SSSR count). The van der Waals surface area contributed by atoms with E-state index < -0.39 is 5.82 Å². The van der Waals surface area contributed by atoms with Crippen LogP contribution in [0.3, 0.4) is 0 Å². The van der Waals surface area contributed by atoms with E-state index in [1.807, 2.05) is 19.9 Å². The van der Waals surface area contributed by atoms with Gasteiger partial charge in [-0.15, -0.1) is 0 Å². The number of amides is 1. The fraction of sp³-hybridized carbons (Fsp3) is 0.389. The van der Waals surface area contributed by atoms with Gasteiger partial charge in [0.05, 0.1) is 5.56 Å². The molecule has 0 spiro atoms. The molecule has 1 aromatic heterocycles. The van der Waals surface area contributed by atoms with Crippen LogP contribution in [0.15, 0.2) is 30.3 Å². The van der Waals surface area contributed by atoms with Crippen molar-refractivity contribution in [3.63, 3.8) is 0 Å². The first kappa shape index (κ1) is 17.1. The Bertz CT molecular complexity index is 759. The van der Waals surface area contributed by atoms with Crippen molar-refractivity contribution in [2.24, 2.45) is 0 Å². The Morgan fingerprint density at radius 3 is 2.60 bits per heavy atom. The Kier molecular flexibility index (Phi) is 5.11. The number of aryl methyl sites for hydroxylation is 1. The molecule has 132 valence electrons. The zero-order chi connectivity index (χ0) is 17.8. The number of hydrogen-bond donors (Lipinski definition) is 1. The normalized spacial score (nSPS) is 14.5. The first-order valence-electron chi connectivity index (χ1n) is 8.47. The fourth-order valence-electron chi connectivity index (χ4n) is 2.89. The molecule has 25 heavy (non-hydrogen) atoms. The molecule has 2 aromatic rings. The number of anilines is 2. The largest absolute Gasteiger partial charge is 0.354 e. The summed E-state index contributed by atoms with van der Waals surface area (Å²) in [6.45, 7) is 7.07. The summed E-state index contributed by atoms with van der Waals surface area (Å²) in [4.78, 5) is 25.2. The second kappa shape index (κ2) is 7.46. The lowest BCUT2D eigenvalue weighted by atomic mass is 10.1. The highest BCUT2D eigenvalue weighted by Crippen LogP contribution is 2.18. The number of aromatic nitrogens is 2. The van der Waals surface area contributed by atoms with Gasteiger partial charge in [0.1, 0.15) is 11.6 Å². The zero-order valence-corrected chi connectivity index (χ0v) is 14.5. The molecule has 1 aromatic carbocycles. The van der Waals surface area contributed by atoms with Crippen LogP contribution >= 0.6 is 0 Å². The van der Waals surface area contributed by atoms with Crippen molar-refractivity contribution >= 4 is 17.7 Å². The van der Waals surface area contributed by atoms with Gasteiger partial charge in [0.2, 0.25) is 5.95 Å². The van der Waals surface area contributed by atoms with Crippen molar-refractivity contribution in [3.05, 3.63) is 47.4 Å². The molecule has 0 aliphatic carbocycles. The van der Waals surface area contributed by atoms with Crippen LogP contribution < -0.4 is 10.2 Å². The predicted molar refractivity (Wildman–Crippen MR) is 95.4 cm³/mol. The smallest absolute Gasteiger partial charge is 0.256 e. The number of carbonyl (C=O) groups is 1. The molecule has 1 fully saturated rings. The molecule has 6 nitrogen and oxygen atoms in total. The van der Waals surface area contributed by atoms with E-state index in [9.17, 15) is 9.18 Å². The lowest BCUT2D eigenvalue weighted by Gasteiger charge is -2.35. The first-order chi connectivity index (χ1) is 12.1. The van der Waals surface area contributed by atoms with Crippen LogP contribution in [0.25, 0.3) is 0 Å². The Morgan fingerprint density at radius 2 is 1.92 bits per heavy atom. The molecular weight excluding hydrogens is 321 g/mol. The minimum absolute atomic E-state index is 0.128. The Balaban J connectivity index is 1.68. The van der Waals surface area contributed by atoms with Crippen LogP contribution in [0.1, 0.15) is 23.0 Å². The number of nitrogens with zero attached hydrogens (tertiary/aromatic N) is 4. The van der Waals surface area contributed by atoms with E-state index in [4.69, 9.17) is 0 Å². The predicted octanol–water partition coefficient (Wildman–Crippen LogP) is 2.32. The summed E-state index contributed by atoms with van der Waals surface area (Å²) in [5, 5.41) is 3.13. The molecule has 1 aliphatic heterocycles. The highest BCUT2D eigenvalue weighted by atomic mass is 19.1. The van der Waals surface area contributed by atoms with Gasteiger partial charge in [-0.1, -0.05) is 12.1 Å². The van der Waals surface area contributed by atoms with Gasteiger partial charge in [0.25, 0.3) is 5.91 Å². The first-order valence-corrected chi connectivity index (χ1v) is 8.47. The standard InChI is InChI=1S/C18H22FN5O/c1-3-20-18-21-13(2)12-16(22-18)23-8-10-24(11-9-23)17(25)14-6-4-5-7-15(14)19/h4-7,12H,3,8-11H2,1-2H3,(H,20,21,22). The number of hydrogen-bond acceptors (Lipinski definition) is 5. The summed E-state index contributed by atoms with van der Waals surface area (Å²) in [7, 11) is 0. The van der Waals surface area contributed by atoms with E-state index in [1.54, 1.807) is 17.0 Å². The second-order valence-electron chi connectivity index (χ2n) is 5.98. The summed E-state index contributed by atoms with van der Waals surface area (Å²) in [6, 6.07) is 8.05. The third kappa shape index (κ3) is 3.87. The van der Waals surface area contributed by atoms with Gasteiger partial charge in [-0.3, -0.25) is 4.79 Å². The topological polar surface area (TPSA) is 61.4 Å². The molecule has 1 amide bonds. The van der Waals surface area contributed by atoms with E-state index in [2.05, 4.69) is 20.2 Å². The molecule has 1 N–H and O–H groups in total. The van der Waals surface area contributed by atoms with Crippen molar-refractivity contribution in [2.45, 2.75) is 13.8 Å². The lowest BCUT2D eigenvalue weighted by molar-refractivity contribution is 0.0742. The Hall–Kier alpha value is -2.70. The van der Waals surface area contributed by atoms with Crippen LogP contribution in [0.5, 0.6) is 0 Å². The monoisotopic (exact) mass is 343 g/mol. The molecule has 2 heterocycles. The van der Waals surface area contributed by atoms with E-state index in [-0.39, 0.29) is 11.5 Å². The Morgan fingerprint density at radius 1 is 1.20 bits per heavy atom. The Labute approximate surface area is 146 Å². The van der Waals surface area contributed by atoms with Crippen molar-refractivity contribution in [2.75, 3.05) is 42.9 Å². The third-order valence-electron chi connectivity index (χ3n) is 4.17. The summed E-state index contributed by atoms with van der Waals surface area (Å²) >= 11 is 0. The van der Waals surface area contributed by atoms with Gasteiger partial charge >= 0.3 is 0 Å². The van der Waals surface area contributed by atoms with E-state index >= 15 is 0 Å². The number of carbonyl (C=O) groups excluding carboxylic acids is 1. The summed E-state index contributed by atoms with van der Waals surface area (Å²) < 4.78 is 13.8. The minimum Gasteiger partial charge on any atom is -0.354 e. The highest BCUT2D eigenvalue weighted by Gasteiger charge is 2.24. The van der Waals surface area contributed by atoms with Crippen LogP contribution in [0, 0.1) is 12.7 Å². The maximum absolute atomic E-state index is 13.8. The average molecular weight is 343 g/mol. The molecular formula is C18H22FN5O.